The zero-order valence-corrected chi connectivity index (χ0v) is 11.7. The van der Waals surface area contributed by atoms with Crippen LogP contribution in [-0.4, -0.2) is 19.2 Å². The molecule has 2 aromatic rings. The van der Waals surface area contributed by atoms with Gasteiger partial charge in [-0.15, -0.1) is 0 Å². The minimum atomic E-state index is -0.280. The molecule has 0 saturated carbocycles. The first-order valence-corrected chi connectivity index (χ1v) is 6.48. The Morgan fingerprint density at radius 2 is 1.86 bits per heavy atom. The average molecular weight is 280 g/mol. The summed E-state index contributed by atoms with van der Waals surface area (Å²) in [6.45, 7) is 0. The number of hydrogen-bond acceptors (Lipinski definition) is 3. The van der Waals surface area contributed by atoms with Gasteiger partial charge in [-0.2, -0.15) is 5.10 Å². The molecule has 0 unspecified atom stereocenters. The number of nitrogens with zero attached hydrogens (tertiary/aromatic N) is 1. The van der Waals surface area contributed by atoms with E-state index >= 15 is 0 Å². The maximum absolute atomic E-state index is 11.6. The van der Waals surface area contributed by atoms with Gasteiger partial charge in [0.2, 0.25) is 0 Å². The molecule has 0 aromatic heterocycles. The van der Waals surface area contributed by atoms with E-state index in [2.05, 4.69) is 10.5 Å². The molecule has 0 aliphatic heterocycles. The van der Waals surface area contributed by atoms with Crippen LogP contribution in [0.25, 0.3) is 6.08 Å². The second-order valence-corrected chi connectivity index (χ2v) is 4.25. The molecule has 1 amide bonds. The van der Waals surface area contributed by atoms with Crippen LogP contribution < -0.4 is 10.2 Å². The van der Waals surface area contributed by atoms with Crippen molar-refractivity contribution in [3.05, 3.63) is 71.8 Å². The molecule has 21 heavy (non-hydrogen) atoms. The Hall–Kier alpha value is -2.88. The summed E-state index contributed by atoms with van der Waals surface area (Å²) >= 11 is 0. The van der Waals surface area contributed by atoms with Crippen molar-refractivity contribution in [1.82, 2.24) is 5.43 Å². The fourth-order valence-corrected chi connectivity index (χ4v) is 1.67. The quantitative estimate of drug-likeness (QED) is 0.520. The number of nitrogens with one attached hydrogen (secondary N) is 1. The Kier molecular flexibility index (Phi) is 5.29. The van der Waals surface area contributed by atoms with E-state index in [4.69, 9.17) is 4.74 Å². The predicted molar refractivity (Wildman–Crippen MR) is 84.2 cm³/mol. The lowest BCUT2D eigenvalue weighted by Crippen LogP contribution is -2.14. The second kappa shape index (κ2) is 7.65. The van der Waals surface area contributed by atoms with Gasteiger partial charge in [-0.1, -0.05) is 42.5 Å². The molecule has 0 heterocycles. The summed E-state index contributed by atoms with van der Waals surface area (Å²) in [5.41, 5.74) is 4.25. The number of hydrogen-bond donors (Lipinski definition) is 1. The largest absolute Gasteiger partial charge is 0.497 e. The summed E-state index contributed by atoms with van der Waals surface area (Å²) in [6, 6.07) is 17.0. The van der Waals surface area contributed by atoms with Gasteiger partial charge in [-0.25, -0.2) is 5.43 Å². The number of benzene rings is 2. The maximum atomic E-state index is 11.6. The van der Waals surface area contributed by atoms with Crippen LogP contribution in [0.1, 0.15) is 11.1 Å². The molecule has 0 saturated heterocycles. The Morgan fingerprint density at radius 1 is 1.10 bits per heavy atom. The number of carbonyl (C=O) groups is 1. The smallest absolute Gasteiger partial charge is 0.264 e. The van der Waals surface area contributed by atoms with E-state index in [1.165, 1.54) is 6.08 Å². The average Bonchev–Trinajstić information content (AvgIpc) is 2.54. The second-order valence-electron chi connectivity index (χ2n) is 4.25. The number of ether oxygens (including phenoxy) is 1. The minimum absolute atomic E-state index is 0.280. The molecule has 2 aromatic carbocycles. The van der Waals surface area contributed by atoms with Crippen molar-refractivity contribution in [1.29, 1.82) is 0 Å². The fraction of sp³-hybridized carbons (Fsp3) is 0.0588. The highest BCUT2D eigenvalue weighted by Gasteiger charge is 1.94. The molecule has 0 atom stereocenters. The van der Waals surface area contributed by atoms with Crippen molar-refractivity contribution in [3.63, 3.8) is 0 Å². The van der Waals surface area contributed by atoms with Crippen LogP contribution in [-0.2, 0) is 4.79 Å². The van der Waals surface area contributed by atoms with Crippen molar-refractivity contribution in [2.75, 3.05) is 7.11 Å². The van der Waals surface area contributed by atoms with Crippen LogP contribution in [0.2, 0.25) is 0 Å². The number of amides is 1. The molecule has 1 N–H and O–H groups in total. The summed E-state index contributed by atoms with van der Waals surface area (Å²) in [4.78, 5) is 11.6. The molecule has 0 radical (unpaired) electrons. The number of carbonyl (C=O) groups excluding carboxylic acids is 1. The number of rotatable bonds is 5. The highest BCUT2D eigenvalue weighted by Crippen LogP contribution is 2.10. The van der Waals surface area contributed by atoms with E-state index in [0.717, 1.165) is 16.9 Å². The van der Waals surface area contributed by atoms with E-state index in [1.54, 1.807) is 19.4 Å². The van der Waals surface area contributed by atoms with E-state index in [1.807, 2.05) is 54.6 Å². The lowest BCUT2D eigenvalue weighted by molar-refractivity contribution is -0.116. The normalized spacial score (nSPS) is 10.9. The maximum Gasteiger partial charge on any atom is 0.264 e. The molecule has 0 fully saturated rings. The van der Waals surface area contributed by atoms with Crippen molar-refractivity contribution in [3.8, 4) is 5.75 Å². The SMILES string of the molecule is COc1cccc(/C=N/NC(=O)/C=C/c2ccccc2)c1. The Morgan fingerprint density at radius 3 is 2.62 bits per heavy atom. The third-order valence-corrected chi connectivity index (χ3v) is 2.71. The van der Waals surface area contributed by atoms with Crippen LogP contribution in [0.4, 0.5) is 0 Å². The third kappa shape index (κ3) is 4.95. The van der Waals surface area contributed by atoms with E-state index in [0.29, 0.717) is 0 Å². The monoisotopic (exact) mass is 280 g/mol. The summed E-state index contributed by atoms with van der Waals surface area (Å²) in [5.74, 6) is 0.465. The van der Waals surface area contributed by atoms with Gasteiger partial charge in [0.05, 0.1) is 13.3 Å². The van der Waals surface area contributed by atoms with Gasteiger partial charge in [-0.3, -0.25) is 4.79 Å². The van der Waals surface area contributed by atoms with Gasteiger partial charge >= 0.3 is 0 Å². The lowest BCUT2D eigenvalue weighted by atomic mass is 10.2. The summed E-state index contributed by atoms with van der Waals surface area (Å²) < 4.78 is 5.11. The van der Waals surface area contributed by atoms with Crippen LogP contribution in [0, 0.1) is 0 Å². The van der Waals surface area contributed by atoms with Gasteiger partial charge in [0.1, 0.15) is 5.75 Å². The molecule has 0 spiro atoms. The van der Waals surface area contributed by atoms with Crippen LogP contribution in [0.15, 0.2) is 65.8 Å². The molecular formula is C17H16N2O2. The van der Waals surface area contributed by atoms with Crippen LogP contribution in [0.3, 0.4) is 0 Å². The van der Waals surface area contributed by atoms with Crippen molar-refractivity contribution in [2.45, 2.75) is 0 Å². The molecule has 106 valence electrons. The van der Waals surface area contributed by atoms with Crippen molar-refractivity contribution >= 4 is 18.2 Å². The molecule has 4 nitrogen and oxygen atoms in total. The molecule has 0 aliphatic carbocycles. The van der Waals surface area contributed by atoms with Gasteiger partial charge in [0, 0.05) is 6.08 Å². The first-order chi connectivity index (χ1) is 10.3. The Balaban J connectivity index is 1.88. The highest BCUT2D eigenvalue weighted by atomic mass is 16.5. The molecule has 0 bridgehead atoms. The molecule has 4 heteroatoms. The topological polar surface area (TPSA) is 50.7 Å². The van der Waals surface area contributed by atoms with Crippen LogP contribution >= 0.6 is 0 Å². The van der Waals surface area contributed by atoms with Gasteiger partial charge < -0.3 is 4.74 Å². The van der Waals surface area contributed by atoms with Crippen molar-refractivity contribution < 1.29 is 9.53 Å². The summed E-state index contributed by atoms with van der Waals surface area (Å²) in [5, 5.41) is 3.90. The number of hydrazone groups is 1. The van der Waals surface area contributed by atoms with E-state index < -0.39 is 0 Å². The zero-order valence-electron chi connectivity index (χ0n) is 11.7. The van der Waals surface area contributed by atoms with Gasteiger partial charge in [0.25, 0.3) is 5.91 Å². The number of methoxy groups -OCH3 is 1. The first kappa shape index (κ1) is 14.5. The summed E-state index contributed by atoms with van der Waals surface area (Å²) in [7, 11) is 1.60. The van der Waals surface area contributed by atoms with Gasteiger partial charge in [-0.05, 0) is 29.3 Å². The highest BCUT2D eigenvalue weighted by molar-refractivity contribution is 5.92. The van der Waals surface area contributed by atoms with Crippen molar-refractivity contribution in [2.24, 2.45) is 5.10 Å². The van der Waals surface area contributed by atoms with E-state index in [9.17, 15) is 4.79 Å². The standard InChI is InChI=1S/C17H16N2O2/c1-21-16-9-5-8-15(12-16)13-18-19-17(20)11-10-14-6-3-2-4-7-14/h2-13H,1H3,(H,19,20)/b11-10+,18-13+. The Labute approximate surface area is 123 Å². The molecular weight excluding hydrogens is 264 g/mol. The molecule has 2 rings (SSSR count). The fourth-order valence-electron chi connectivity index (χ4n) is 1.67. The minimum Gasteiger partial charge on any atom is -0.497 e. The molecule has 0 aliphatic rings. The lowest BCUT2D eigenvalue weighted by Gasteiger charge is -1.99. The Bertz CT molecular complexity index is 649. The predicted octanol–water partition coefficient (Wildman–Crippen LogP) is 2.86. The first-order valence-electron chi connectivity index (χ1n) is 6.48. The van der Waals surface area contributed by atoms with Gasteiger partial charge in [0.15, 0.2) is 0 Å². The third-order valence-electron chi connectivity index (χ3n) is 2.71. The van der Waals surface area contributed by atoms with Crippen LogP contribution in [0.5, 0.6) is 5.75 Å². The zero-order chi connectivity index (χ0) is 14.9. The summed E-state index contributed by atoms with van der Waals surface area (Å²) in [6.07, 6.45) is 4.74. The van der Waals surface area contributed by atoms with E-state index in [-0.39, 0.29) is 5.91 Å².